The highest BCUT2D eigenvalue weighted by Gasteiger charge is 2.29. The monoisotopic (exact) mass is 299 g/mol. The molecule has 2 aliphatic rings. The third-order valence-electron chi connectivity index (χ3n) is 5.22. The van der Waals surface area contributed by atoms with Crippen molar-refractivity contribution in [3.8, 4) is 0 Å². The van der Waals surface area contributed by atoms with Crippen LogP contribution in [0.4, 0.5) is 0 Å². The minimum absolute atomic E-state index is 0.401. The number of piperidine rings is 1. The van der Waals surface area contributed by atoms with Crippen molar-refractivity contribution in [1.82, 2.24) is 24.8 Å². The van der Waals surface area contributed by atoms with Gasteiger partial charge in [-0.15, -0.1) is 0 Å². The van der Waals surface area contributed by atoms with Crippen molar-refractivity contribution in [2.75, 3.05) is 26.2 Å². The zero-order chi connectivity index (χ0) is 14.9. The zero-order valence-corrected chi connectivity index (χ0v) is 13.3. The standard InChI is InChI=1S/C17H25N5/c1-2-21-11-7-13(8-12-21)22-16-15(6-4-10-19-16)20-17(22)14-5-3-9-18-14/h4,6,10,13-14,18H,2-3,5,7-9,11-12H2,1H3. The van der Waals surface area contributed by atoms with E-state index in [0.717, 1.165) is 24.3 Å². The van der Waals surface area contributed by atoms with E-state index in [1.54, 1.807) is 0 Å². The zero-order valence-electron chi connectivity index (χ0n) is 13.3. The molecule has 0 radical (unpaired) electrons. The number of aromatic nitrogens is 3. The SMILES string of the molecule is CCN1CCC(n2c(C3CCCN3)nc3cccnc32)CC1. The van der Waals surface area contributed by atoms with Gasteiger partial charge in [-0.3, -0.25) is 0 Å². The van der Waals surface area contributed by atoms with Crippen LogP contribution in [0, 0.1) is 0 Å². The molecule has 0 amide bonds. The number of hydrogen-bond acceptors (Lipinski definition) is 4. The van der Waals surface area contributed by atoms with Crippen molar-refractivity contribution in [3.63, 3.8) is 0 Å². The van der Waals surface area contributed by atoms with E-state index in [2.05, 4.69) is 32.8 Å². The van der Waals surface area contributed by atoms with Crippen LogP contribution in [0.25, 0.3) is 11.2 Å². The molecule has 118 valence electrons. The molecule has 5 heteroatoms. The van der Waals surface area contributed by atoms with Crippen LogP contribution >= 0.6 is 0 Å². The first kappa shape index (κ1) is 14.2. The molecule has 2 fully saturated rings. The van der Waals surface area contributed by atoms with Crippen LogP contribution in [0.3, 0.4) is 0 Å². The van der Waals surface area contributed by atoms with Crippen LogP contribution in [0.5, 0.6) is 0 Å². The number of rotatable bonds is 3. The minimum Gasteiger partial charge on any atom is -0.308 e. The minimum atomic E-state index is 0.401. The van der Waals surface area contributed by atoms with Crippen molar-refractivity contribution in [3.05, 3.63) is 24.2 Å². The van der Waals surface area contributed by atoms with Crippen LogP contribution in [0.1, 0.15) is 50.5 Å². The summed E-state index contributed by atoms with van der Waals surface area (Å²) in [5.74, 6) is 1.21. The van der Waals surface area contributed by atoms with Gasteiger partial charge in [-0.1, -0.05) is 6.92 Å². The number of imidazole rings is 1. The van der Waals surface area contributed by atoms with Gasteiger partial charge in [0.1, 0.15) is 11.3 Å². The molecule has 0 aliphatic carbocycles. The maximum absolute atomic E-state index is 4.93. The average Bonchev–Trinajstić information content (AvgIpc) is 3.22. The fourth-order valence-corrected chi connectivity index (χ4v) is 3.95. The number of hydrogen-bond donors (Lipinski definition) is 1. The molecule has 0 saturated carbocycles. The van der Waals surface area contributed by atoms with Gasteiger partial charge in [0.15, 0.2) is 5.65 Å². The summed E-state index contributed by atoms with van der Waals surface area (Å²) in [6.07, 6.45) is 6.74. The van der Waals surface area contributed by atoms with Crippen LogP contribution < -0.4 is 5.32 Å². The van der Waals surface area contributed by atoms with Crippen LogP contribution in [-0.2, 0) is 0 Å². The maximum Gasteiger partial charge on any atom is 0.160 e. The van der Waals surface area contributed by atoms with Gasteiger partial charge in [-0.2, -0.15) is 0 Å². The largest absolute Gasteiger partial charge is 0.308 e. The van der Waals surface area contributed by atoms with Crippen LogP contribution in [0.2, 0.25) is 0 Å². The van der Waals surface area contributed by atoms with Crippen molar-refractivity contribution in [2.24, 2.45) is 0 Å². The molecule has 0 bridgehead atoms. The van der Waals surface area contributed by atoms with Gasteiger partial charge in [0.2, 0.25) is 0 Å². The Labute approximate surface area is 131 Å². The number of pyridine rings is 1. The Kier molecular flexibility index (Phi) is 3.84. The normalized spacial score (nSPS) is 24.3. The van der Waals surface area contributed by atoms with Gasteiger partial charge < -0.3 is 14.8 Å². The summed E-state index contributed by atoms with van der Waals surface area (Å²) < 4.78 is 2.45. The molecule has 0 aromatic carbocycles. The second-order valence-electron chi connectivity index (χ2n) is 6.50. The molecule has 1 unspecified atom stereocenters. The first-order valence-electron chi connectivity index (χ1n) is 8.65. The van der Waals surface area contributed by atoms with E-state index in [-0.39, 0.29) is 0 Å². The second kappa shape index (κ2) is 5.97. The smallest absolute Gasteiger partial charge is 0.160 e. The topological polar surface area (TPSA) is 46.0 Å². The molecule has 22 heavy (non-hydrogen) atoms. The Bertz CT molecular complexity index is 636. The maximum atomic E-state index is 4.93. The van der Waals surface area contributed by atoms with Gasteiger partial charge in [-0.05, 0) is 50.9 Å². The predicted molar refractivity (Wildman–Crippen MR) is 87.9 cm³/mol. The Morgan fingerprint density at radius 3 is 2.86 bits per heavy atom. The number of nitrogens with zero attached hydrogens (tertiary/aromatic N) is 4. The Morgan fingerprint density at radius 1 is 1.27 bits per heavy atom. The highest BCUT2D eigenvalue weighted by molar-refractivity contribution is 5.71. The van der Waals surface area contributed by atoms with Crippen molar-refractivity contribution < 1.29 is 0 Å². The highest BCUT2D eigenvalue weighted by atomic mass is 15.2. The first-order valence-corrected chi connectivity index (χ1v) is 8.65. The summed E-state index contributed by atoms with van der Waals surface area (Å²) in [5, 5.41) is 3.61. The lowest BCUT2D eigenvalue weighted by Gasteiger charge is -2.33. The third-order valence-corrected chi connectivity index (χ3v) is 5.22. The Morgan fingerprint density at radius 2 is 2.14 bits per heavy atom. The molecule has 2 aliphatic heterocycles. The fraction of sp³-hybridized carbons (Fsp3) is 0.647. The number of likely N-dealkylation sites (tertiary alicyclic amines) is 1. The average molecular weight is 299 g/mol. The van der Waals surface area contributed by atoms with Gasteiger partial charge in [0.25, 0.3) is 0 Å². The van der Waals surface area contributed by atoms with E-state index < -0.39 is 0 Å². The number of nitrogens with one attached hydrogen (secondary N) is 1. The molecule has 5 nitrogen and oxygen atoms in total. The lowest BCUT2D eigenvalue weighted by molar-refractivity contribution is 0.193. The van der Waals surface area contributed by atoms with Gasteiger partial charge >= 0.3 is 0 Å². The predicted octanol–water partition coefficient (Wildman–Crippen LogP) is 2.51. The van der Waals surface area contributed by atoms with E-state index in [4.69, 9.17) is 4.98 Å². The molecular formula is C17H25N5. The molecule has 2 saturated heterocycles. The lowest BCUT2D eigenvalue weighted by atomic mass is 10.0. The molecule has 2 aromatic rings. The molecule has 1 N–H and O–H groups in total. The lowest BCUT2D eigenvalue weighted by Crippen LogP contribution is -2.35. The van der Waals surface area contributed by atoms with Crippen molar-refractivity contribution in [2.45, 2.75) is 44.7 Å². The summed E-state index contributed by atoms with van der Waals surface area (Å²) in [6, 6.07) is 5.03. The summed E-state index contributed by atoms with van der Waals surface area (Å²) in [5.41, 5.74) is 2.12. The van der Waals surface area contributed by atoms with Gasteiger partial charge in [0.05, 0.1) is 6.04 Å². The van der Waals surface area contributed by atoms with E-state index >= 15 is 0 Å². The van der Waals surface area contributed by atoms with Crippen molar-refractivity contribution >= 4 is 11.2 Å². The summed E-state index contributed by atoms with van der Waals surface area (Å²) in [6.45, 7) is 6.89. The first-order chi connectivity index (χ1) is 10.9. The second-order valence-corrected chi connectivity index (χ2v) is 6.50. The molecule has 4 heterocycles. The van der Waals surface area contributed by atoms with Gasteiger partial charge in [0, 0.05) is 25.3 Å². The Balaban J connectivity index is 1.72. The third kappa shape index (κ3) is 2.42. The summed E-state index contributed by atoms with van der Waals surface area (Å²) >= 11 is 0. The van der Waals surface area contributed by atoms with E-state index in [1.807, 2.05) is 12.3 Å². The Hall–Kier alpha value is -1.46. The van der Waals surface area contributed by atoms with Crippen LogP contribution in [0.15, 0.2) is 18.3 Å². The van der Waals surface area contributed by atoms with Crippen LogP contribution in [-0.4, -0.2) is 45.6 Å². The molecule has 1 atom stereocenters. The highest BCUT2D eigenvalue weighted by Crippen LogP contribution is 2.32. The van der Waals surface area contributed by atoms with Crippen molar-refractivity contribution in [1.29, 1.82) is 0 Å². The summed E-state index contributed by atoms with van der Waals surface area (Å²) in [7, 11) is 0. The van der Waals surface area contributed by atoms with E-state index in [0.29, 0.717) is 12.1 Å². The molecule has 4 rings (SSSR count). The molecular weight excluding hydrogens is 274 g/mol. The van der Waals surface area contributed by atoms with Gasteiger partial charge in [-0.25, -0.2) is 9.97 Å². The van der Waals surface area contributed by atoms with E-state index in [9.17, 15) is 0 Å². The fourth-order valence-electron chi connectivity index (χ4n) is 3.95. The van der Waals surface area contributed by atoms with E-state index in [1.165, 1.54) is 44.6 Å². The molecule has 0 spiro atoms. The quantitative estimate of drug-likeness (QED) is 0.946. The summed E-state index contributed by atoms with van der Waals surface area (Å²) in [4.78, 5) is 12.1. The number of fused-ring (bicyclic) bond motifs is 1. The molecule has 2 aromatic heterocycles.